The van der Waals surface area contributed by atoms with Crippen LogP contribution in [-0.2, 0) is 10.5 Å². The molecule has 1 unspecified atom stereocenters. The van der Waals surface area contributed by atoms with Crippen molar-refractivity contribution in [2.75, 3.05) is 12.3 Å². The van der Waals surface area contributed by atoms with Crippen molar-refractivity contribution >= 4 is 17.7 Å². The van der Waals surface area contributed by atoms with Crippen LogP contribution in [0.2, 0.25) is 0 Å². The fourth-order valence-electron chi connectivity index (χ4n) is 2.16. The molecule has 21 heavy (non-hydrogen) atoms. The molecule has 0 saturated heterocycles. The third-order valence-corrected chi connectivity index (χ3v) is 4.54. The van der Waals surface area contributed by atoms with Gasteiger partial charge in [-0.25, -0.2) is 4.39 Å². The lowest BCUT2D eigenvalue weighted by Gasteiger charge is -2.14. The van der Waals surface area contributed by atoms with Crippen LogP contribution < -0.4 is 5.32 Å². The Balaban J connectivity index is 2.18. The van der Waals surface area contributed by atoms with Crippen LogP contribution in [0.1, 0.15) is 45.1 Å². The van der Waals surface area contributed by atoms with E-state index in [-0.39, 0.29) is 17.6 Å². The average Bonchev–Trinajstić information content (AvgIpc) is 2.49. The highest BCUT2D eigenvalue weighted by molar-refractivity contribution is 7.98. The standard InChI is InChI=1S/C17H26FNOS/c1-3-5-8-14(4-2)17(20)19-11-12-21-13-15-9-6-7-10-16(15)18/h6-7,9-10,14H,3-5,8,11-13H2,1-2H3,(H,19,20). The first-order chi connectivity index (χ1) is 10.2. The van der Waals surface area contributed by atoms with Gasteiger partial charge in [0.15, 0.2) is 0 Å². The van der Waals surface area contributed by atoms with Crippen molar-refractivity contribution in [3.63, 3.8) is 0 Å². The first-order valence-electron chi connectivity index (χ1n) is 7.77. The van der Waals surface area contributed by atoms with Gasteiger partial charge in [-0.15, -0.1) is 0 Å². The maximum Gasteiger partial charge on any atom is 0.223 e. The number of hydrogen-bond donors (Lipinski definition) is 1. The summed E-state index contributed by atoms with van der Waals surface area (Å²) < 4.78 is 13.4. The van der Waals surface area contributed by atoms with E-state index in [0.717, 1.165) is 37.0 Å². The molecular weight excluding hydrogens is 285 g/mol. The summed E-state index contributed by atoms with van der Waals surface area (Å²) in [4.78, 5) is 12.0. The van der Waals surface area contributed by atoms with Crippen molar-refractivity contribution in [3.8, 4) is 0 Å². The lowest BCUT2D eigenvalue weighted by Crippen LogP contribution is -2.32. The molecule has 0 aromatic heterocycles. The van der Waals surface area contributed by atoms with E-state index in [1.807, 2.05) is 6.07 Å². The van der Waals surface area contributed by atoms with Gasteiger partial charge in [0, 0.05) is 24.0 Å². The van der Waals surface area contributed by atoms with Crippen molar-refractivity contribution in [2.24, 2.45) is 5.92 Å². The second-order valence-electron chi connectivity index (χ2n) is 5.18. The highest BCUT2D eigenvalue weighted by atomic mass is 32.2. The monoisotopic (exact) mass is 311 g/mol. The number of rotatable bonds is 10. The van der Waals surface area contributed by atoms with Crippen molar-refractivity contribution in [1.29, 1.82) is 0 Å². The van der Waals surface area contributed by atoms with Crippen molar-refractivity contribution in [3.05, 3.63) is 35.6 Å². The Labute approximate surface area is 131 Å². The largest absolute Gasteiger partial charge is 0.355 e. The van der Waals surface area contributed by atoms with Crippen LogP contribution in [0.4, 0.5) is 4.39 Å². The topological polar surface area (TPSA) is 29.1 Å². The Morgan fingerprint density at radius 1 is 1.33 bits per heavy atom. The number of carbonyl (C=O) groups excluding carboxylic acids is 1. The molecule has 1 aromatic carbocycles. The summed E-state index contributed by atoms with van der Waals surface area (Å²) in [5.41, 5.74) is 0.725. The lowest BCUT2D eigenvalue weighted by atomic mass is 9.98. The van der Waals surface area contributed by atoms with Crippen LogP contribution in [-0.4, -0.2) is 18.2 Å². The Bertz CT molecular complexity index is 425. The smallest absolute Gasteiger partial charge is 0.223 e. The van der Waals surface area contributed by atoms with E-state index in [9.17, 15) is 9.18 Å². The summed E-state index contributed by atoms with van der Waals surface area (Å²) in [6.07, 6.45) is 4.10. The molecule has 4 heteroatoms. The predicted octanol–water partition coefficient (Wildman–Crippen LogP) is 4.39. The first kappa shape index (κ1) is 18.0. The summed E-state index contributed by atoms with van der Waals surface area (Å²) in [6.45, 7) is 4.86. The van der Waals surface area contributed by atoms with Gasteiger partial charge in [0.05, 0.1) is 0 Å². The van der Waals surface area contributed by atoms with E-state index >= 15 is 0 Å². The molecule has 0 saturated carbocycles. The minimum absolute atomic E-state index is 0.140. The molecule has 2 nitrogen and oxygen atoms in total. The third-order valence-electron chi connectivity index (χ3n) is 3.53. The van der Waals surface area contributed by atoms with Gasteiger partial charge in [0.2, 0.25) is 5.91 Å². The molecule has 0 aliphatic rings. The summed E-state index contributed by atoms with van der Waals surface area (Å²) in [5, 5.41) is 2.99. The molecule has 0 aliphatic carbocycles. The molecular formula is C17H26FNOS. The Morgan fingerprint density at radius 2 is 2.10 bits per heavy atom. The molecule has 1 aromatic rings. The van der Waals surface area contributed by atoms with Gasteiger partial charge in [-0.05, 0) is 24.5 Å². The Kier molecular flexibility index (Phi) is 9.15. The molecule has 0 radical (unpaired) electrons. The van der Waals surface area contributed by atoms with Gasteiger partial charge >= 0.3 is 0 Å². The number of nitrogens with one attached hydrogen (secondary N) is 1. The second kappa shape index (κ2) is 10.7. The van der Waals surface area contributed by atoms with Gasteiger partial charge in [-0.2, -0.15) is 11.8 Å². The number of halogens is 1. The summed E-state index contributed by atoms with van der Waals surface area (Å²) >= 11 is 1.64. The zero-order valence-corrected chi connectivity index (χ0v) is 13.8. The van der Waals surface area contributed by atoms with E-state index in [1.165, 1.54) is 6.07 Å². The van der Waals surface area contributed by atoms with E-state index in [0.29, 0.717) is 12.3 Å². The van der Waals surface area contributed by atoms with Gasteiger partial charge in [-0.1, -0.05) is 44.9 Å². The van der Waals surface area contributed by atoms with Crippen LogP contribution in [0.15, 0.2) is 24.3 Å². The fraction of sp³-hybridized carbons (Fsp3) is 0.588. The zero-order valence-electron chi connectivity index (χ0n) is 13.0. The number of benzene rings is 1. The van der Waals surface area contributed by atoms with Crippen molar-refractivity contribution < 1.29 is 9.18 Å². The number of thioether (sulfide) groups is 1. The molecule has 1 rings (SSSR count). The molecule has 1 N–H and O–H groups in total. The minimum atomic E-state index is -0.153. The summed E-state index contributed by atoms with van der Waals surface area (Å²) in [6, 6.07) is 6.83. The number of hydrogen-bond acceptors (Lipinski definition) is 2. The predicted molar refractivity (Wildman–Crippen MR) is 88.9 cm³/mol. The Hall–Kier alpha value is -1.03. The highest BCUT2D eigenvalue weighted by Crippen LogP contribution is 2.15. The number of amides is 1. The number of carbonyl (C=O) groups is 1. The lowest BCUT2D eigenvalue weighted by molar-refractivity contribution is -0.125. The molecule has 0 heterocycles. The van der Waals surface area contributed by atoms with Crippen molar-refractivity contribution in [2.45, 2.75) is 45.3 Å². The highest BCUT2D eigenvalue weighted by Gasteiger charge is 2.14. The SMILES string of the molecule is CCCCC(CC)C(=O)NCCSCc1ccccc1F. The van der Waals surface area contributed by atoms with Crippen LogP contribution >= 0.6 is 11.8 Å². The molecule has 0 spiro atoms. The van der Waals surface area contributed by atoms with Gasteiger partial charge in [0.25, 0.3) is 0 Å². The minimum Gasteiger partial charge on any atom is -0.355 e. The second-order valence-corrected chi connectivity index (χ2v) is 6.29. The quantitative estimate of drug-likeness (QED) is 0.649. The van der Waals surface area contributed by atoms with E-state index in [2.05, 4.69) is 19.2 Å². The number of unbranched alkanes of at least 4 members (excludes halogenated alkanes) is 1. The Morgan fingerprint density at radius 3 is 2.76 bits per heavy atom. The third kappa shape index (κ3) is 6.98. The summed E-state index contributed by atoms with van der Waals surface area (Å²) in [5.74, 6) is 1.61. The van der Waals surface area contributed by atoms with Crippen LogP contribution in [0, 0.1) is 11.7 Å². The average molecular weight is 311 g/mol. The fourth-order valence-corrected chi connectivity index (χ4v) is 3.00. The maximum atomic E-state index is 13.4. The van der Waals surface area contributed by atoms with Crippen LogP contribution in [0.25, 0.3) is 0 Å². The van der Waals surface area contributed by atoms with Crippen LogP contribution in [0.5, 0.6) is 0 Å². The van der Waals surface area contributed by atoms with Crippen LogP contribution in [0.3, 0.4) is 0 Å². The van der Waals surface area contributed by atoms with Crippen molar-refractivity contribution in [1.82, 2.24) is 5.32 Å². The molecule has 1 amide bonds. The van der Waals surface area contributed by atoms with Gasteiger partial charge in [-0.3, -0.25) is 4.79 Å². The first-order valence-corrected chi connectivity index (χ1v) is 8.93. The van der Waals surface area contributed by atoms with E-state index in [4.69, 9.17) is 0 Å². The molecule has 118 valence electrons. The molecule has 0 aliphatic heterocycles. The van der Waals surface area contributed by atoms with E-state index < -0.39 is 0 Å². The summed E-state index contributed by atoms with van der Waals surface area (Å²) in [7, 11) is 0. The molecule has 1 atom stereocenters. The maximum absolute atomic E-state index is 13.4. The molecule has 0 fully saturated rings. The zero-order chi connectivity index (χ0) is 15.5. The van der Waals surface area contributed by atoms with E-state index in [1.54, 1.807) is 23.9 Å². The normalized spacial score (nSPS) is 12.1. The van der Waals surface area contributed by atoms with Gasteiger partial charge < -0.3 is 5.32 Å². The van der Waals surface area contributed by atoms with Gasteiger partial charge in [0.1, 0.15) is 5.82 Å². The molecule has 0 bridgehead atoms.